The van der Waals surface area contributed by atoms with Gasteiger partial charge in [-0.1, -0.05) is 0 Å². The molecule has 0 fully saturated rings. The van der Waals surface area contributed by atoms with Crippen LogP contribution in [-0.2, 0) is 14.4 Å². The van der Waals surface area contributed by atoms with Crippen molar-refractivity contribution >= 4 is 17.8 Å². The number of carboxylic acid groups (broad SMARTS) is 1. The van der Waals surface area contributed by atoms with E-state index in [-0.39, 0.29) is 6.54 Å². The van der Waals surface area contributed by atoms with Crippen LogP contribution in [0.5, 0.6) is 0 Å². The van der Waals surface area contributed by atoms with E-state index < -0.39 is 23.8 Å². The number of hydrogen-bond acceptors (Lipinski definition) is 4. The summed E-state index contributed by atoms with van der Waals surface area (Å²) in [7, 11) is 0. The van der Waals surface area contributed by atoms with Crippen molar-refractivity contribution < 1.29 is 19.5 Å². The van der Waals surface area contributed by atoms with Gasteiger partial charge in [-0.15, -0.1) is 0 Å². The molecule has 0 saturated heterocycles. The van der Waals surface area contributed by atoms with Crippen molar-refractivity contribution in [3.8, 4) is 0 Å². The highest BCUT2D eigenvalue weighted by molar-refractivity contribution is 5.98. The summed E-state index contributed by atoms with van der Waals surface area (Å²) < 4.78 is 0. The number of nitrogens with zero attached hydrogens (tertiary/aromatic N) is 1. The highest BCUT2D eigenvalue weighted by atomic mass is 16.4. The van der Waals surface area contributed by atoms with E-state index in [0.717, 1.165) is 6.92 Å². The molecule has 3 N–H and O–H groups in total. The van der Waals surface area contributed by atoms with Crippen LogP contribution in [0.4, 0.5) is 0 Å². The van der Waals surface area contributed by atoms with Crippen molar-refractivity contribution in [1.82, 2.24) is 4.90 Å². The molecule has 0 spiro atoms. The Kier molecular flexibility index (Phi) is 4.06. The molecule has 0 aliphatic rings. The van der Waals surface area contributed by atoms with E-state index in [4.69, 9.17) is 10.8 Å². The predicted octanol–water partition coefficient (Wildman–Crippen LogP) is -1.21. The molecule has 6 nitrogen and oxygen atoms in total. The lowest BCUT2D eigenvalue weighted by atomic mass is 10.2. The maximum absolute atomic E-state index is 11.0. The molecular formula is C7H12N2O4. The Hall–Kier alpha value is -1.43. The van der Waals surface area contributed by atoms with Gasteiger partial charge in [-0.25, -0.2) is 4.79 Å². The quantitative estimate of drug-likeness (QED) is 0.579. The van der Waals surface area contributed by atoms with Gasteiger partial charge < -0.3 is 10.8 Å². The van der Waals surface area contributed by atoms with Crippen LogP contribution < -0.4 is 5.73 Å². The van der Waals surface area contributed by atoms with Crippen molar-refractivity contribution in [3.05, 3.63) is 0 Å². The summed E-state index contributed by atoms with van der Waals surface area (Å²) in [6.07, 6.45) is 0. The molecule has 0 aliphatic carbocycles. The fourth-order valence-corrected chi connectivity index (χ4v) is 0.873. The van der Waals surface area contributed by atoms with Crippen LogP contribution in [-0.4, -0.2) is 40.4 Å². The second kappa shape index (κ2) is 4.56. The van der Waals surface area contributed by atoms with Crippen molar-refractivity contribution in [3.63, 3.8) is 0 Å². The number of carboxylic acids is 1. The number of nitrogens with two attached hydrogens (primary N) is 1. The topological polar surface area (TPSA) is 101 Å². The zero-order valence-corrected chi connectivity index (χ0v) is 7.48. The first-order valence-electron chi connectivity index (χ1n) is 3.67. The summed E-state index contributed by atoms with van der Waals surface area (Å²) in [4.78, 5) is 33.0. The van der Waals surface area contributed by atoms with E-state index in [1.807, 2.05) is 0 Å². The first-order valence-corrected chi connectivity index (χ1v) is 3.67. The van der Waals surface area contributed by atoms with E-state index >= 15 is 0 Å². The zero-order valence-electron chi connectivity index (χ0n) is 7.48. The van der Waals surface area contributed by atoms with Gasteiger partial charge in [0.25, 0.3) is 0 Å². The molecule has 0 bridgehead atoms. The third kappa shape index (κ3) is 2.83. The number of hydrogen-bond donors (Lipinski definition) is 2. The summed E-state index contributed by atoms with van der Waals surface area (Å²) >= 11 is 0. The average Bonchev–Trinajstić information content (AvgIpc) is 2.03. The summed E-state index contributed by atoms with van der Waals surface area (Å²) in [5, 5.41) is 8.56. The van der Waals surface area contributed by atoms with Gasteiger partial charge in [0, 0.05) is 6.92 Å². The van der Waals surface area contributed by atoms with Crippen molar-refractivity contribution in [2.75, 3.05) is 6.54 Å². The zero-order chi connectivity index (χ0) is 10.6. The number of rotatable bonds is 3. The van der Waals surface area contributed by atoms with Crippen molar-refractivity contribution in [1.29, 1.82) is 0 Å². The normalized spacial score (nSPS) is 11.9. The maximum Gasteiger partial charge on any atom is 0.326 e. The van der Waals surface area contributed by atoms with Crippen LogP contribution in [0.3, 0.4) is 0 Å². The SMILES string of the molecule is CC(=O)N(C(=O)CN)[C@@H](C)C(=O)O. The molecule has 6 heteroatoms. The number of amides is 2. The fourth-order valence-electron chi connectivity index (χ4n) is 0.873. The minimum Gasteiger partial charge on any atom is -0.480 e. The molecule has 0 unspecified atom stereocenters. The lowest BCUT2D eigenvalue weighted by Crippen LogP contribution is -2.48. The summed E-state index contributed by atoms with van der Waals surface area (Å²) in [5.74, 6) is -2.55. The number of carbonyl (C=O) groups is 3. The molecule has 1 atom stereocenters. The monoisotopic (exact) mass is 188 g/mol. The Morgan fingerprint density at radius 1 is 1.46 bits per heavy atom. The molecule has 0 aromatic carbocycles. The van der Waals surface area contributed by atoms with E-state index in [1.54, 1.807) is 0 Å². The Morgan fingerprint density at radius 2 is 1.92 bits per heavy atom. The molecule has 0 aromatic rings. The van der Waals surface area contributed by atoms with Gasteiger partial charge in [0.1, 0.15) is 6.04 Å². The fraction of sp³-hybridized carbons (Fsp3) is 0.571. The molecule has 2 amide bonds. The summed E-state index contributed by atoms with van der Waals surface area (Å²) in [6.45, 7) is 1.99. The minimum atomic E-state index is -1.24. The molecule has 13 heavy (non-hydrogen) atoms. The van der Waals surface area contributed by atoms with E-state index in [1.165, 1.54) is 6.92 Å². The van der Waals surface area contributed by atoms with Crippen LogP contribution in [0.2, 0.25) is 0 Å². The highest BCUT2D eigenvalue weighted by Crippen LogP contribution is 2.00. The first-order chi connectivity index (χ1) is 5.91. The van der Waals surface area contributed by atoms with Crippen LogP contribution in [0.1, 0.15) is 13.8 Å². The second-order valence-corrected chi connectivity index (χ2v) is 2.50. The number of carbonyl (C=O) groups excluding carboxylic acids is 2. The molecule has 0 rings (SSSR count). The Morgan fingerprint density at radius 3 is 2.15 bits per heavy atom. The van der Waals surface area contributed by atoms with Gasteiger partial charge in [0.05, 0.1) is 6.54 Å². The predicted molar refractivity (Wildman–Crippen MR) is 43.7 cm³/mol. The molecule has 0 aromatic heterocycles. The Labute approximate surface area is 75.3 Å². The molecule has 0 heterocycles. The van der Waals surface area contributed by atoms with Gasteiger partial charge in [0.15, 0.2) is 0 Å². The molecule has 74 valence electrons. The third-order valence-corrected chi connectivity index (χ3v) is 1.53. The van der Waals surface area contributed by atoms with Gasteiger partial charge in [-0.2, -0.15) is 0 Å². The van der Waals surface area contributed by atoms with Crippen LogP contribution in [0.15, 0.2) is 0 Å². The Bertz CT molecular complexity index is 239. The summed E-state index contributed by atoms with van der Waals surface area (Å²) in [5.41, 5.74) is 5.01. The lowest BCUT2D eigenvalue weighted by Gasteiger charge is -2.22. The van der Waals surface area contributed by atoms with E-state index in [2.05, 4.69) is 0 Å². The van der Waals surface area contributed by atoms with Crippen LogP contribution in [0.25, 0.3) is 0 Å². The van der Waals surface area contributed by atoms with Gasteiger partial charge in [-0.05, 0) is 6.92 Å². The lowest BCUT2D eigenvalue weighted by molar-refractivity contribution is -0.155. The number of aliphatic carboxylic acids is 1. The molecule has 0 aliphatic heterocycles. The van der Waals surface area contributed by atoms with Gasteiger partial charge in [-0.3, -0.25) is 14.5 Å². The third-order valence-electron chi connectivity index (χ3n) is 1.53. The van der Waals surface area contributed by atoms with Crippen LogP contribution >= 0.6 is 0 Å². The first kappa shape index (κ1) is 11.6. The van der Waals surface area contributed by atoms with Crippen molar-refractivity contribution in [2.45, 2.75) is 19.9 Å². The number of imide groups is 1. The highest BCUT2D eigenvalue weighted by Gasteiger charge is 2.27. The van der Waals surface area contributed by atoms with Gasteiger partial charge >= 0.3 is 5.97 Å². The van der Waals surface area contributed by atoms with Gasteiger partial charge in [0.2, 0.25) is 11.8 Å². The largest absolute Gasteiger partial charge is 0.480 e. The molecular weight excluding hydrogens is 176 g/mol. The minimum absolute atomic E-state index is 0.378. The summed E-state index contributed by atoms with van der Waals surface area (Å²) in [6, 6.07) is -1.17. The maximum atomic E-state index is 11.0. The molecule has 0 radical (unpaired) electrons. The average molecular weight is 188 g/mol. The Balaban J connectivity index is 4.71. The second-order valence-electron chi connectivity index (χ2n) is 2.50. The van der Waals surface area contributed by atoms with Crippen molar-refractivity contribution in [2.24, 2.45) is 5.73 Å². The van der Waals surface area contributed by atoms with Crippen LogP contribution in [0, 0.1) is 0 Å². The smallest absolute Gasteiger partial charge is 0.326 e. The standard InChI is InChI=1S/C7H12N2O4/c1-4(7(12)13)9(5(2)10)6(11)3-8/h4H,3,8H2,1-2H3,(H,12,13)/t4-/m0/s1. The van der Waals surface area contributed by atoms with E-state index in [0.29, 0.717) is 4.90 Å². The van der Waals surface area contributed by atoms with E-state index in [9.17, 15) is 14.4 Å². The molecule has 0 saturated carbocycles.